The zero-order valence-corrected chi connectivity index (χ0v) is 19.7. The van der Waals surface area contributed by atoms with Crippen molar-refractivity contribution in [3.8, 4) is 11.4 Å². The lowest BCUT2D eigenvalue weighted by Gasteiger charge is -2.42. The number of hydrogen-bond donors (Lipinski definition) is 1. The second-order valence-electron chi connectivity index (χ2n) is 9.25. The molecule has 1 N–H and O–H groups in total. The van der Waals surface area contributed by atoms with E-state index in [1.165, 1.54) is 0 Å². The smallest absolute Gasteiger partial charge is 0.228 e. The molecule has 0 radical (unpaired) electrons. The highest BCUT2D eigenvalue weighted by molar-refractivity contribution is 5.86. The number of amides is 1. The van der Waals surface area contributed by atoms with Crippen molar-refractivity contribution in [3.05, 3.63) is 24.5 Å². The molecule has 3 aromatic heterocycles. The number of likely N-dealkylation sites (tertiary alicyclic amines) is 2. The summed E-state index contributed by atoms with van der Waals surface area (Å²) >= 11 is 0. The number of fused-ring (bicyclic) bond motifs is 1. The molecule has 174 valence electrons. The van der Waals surface area contributed by atoms with E-state index in [1.807, 2.05) is 11.8 Å². The summed E-state index contributed by atoms with van der Waals surface area (Å²) in [5, 5.41) is 3.53. The van der Waals surface area contributed by atoms with E-state index in [4.69, 9.17) is 4.98 Å². The van der Waals surface area contributed by atoms with Crippen LogP contribution in [0.2, 0.25) is 0 Å². The first-order chi connectivity index (χ1) is 15.9. The predicted molar refractivity (Wildman–Crippen MR) is 126 cm³/mol. The summed E-state index contributed by atoms with van der Waals surface area (Å²) in [6.45, 7) is 12.2. The minimum atomic E-state index is 0.136. The molecule has 2 aliphatic rings. The highest BCUT2D eigenvalue weighted by atomic mass is 16.2. The lowest BCUT2D eigenvalue weighted by atomic mass is 9.97. The zero-order valence-electron chi connectivity index (χ0n) is 19.7. The SMILES string of the molecule is CCn1c(-c2cnc(C)nc2)nc2c(NC3CCN(C(=O)C4CN(C(C)C)C4)C3)ncnc21. The molecule has 0 saturated carbocycles. The van der Waals surface area contributed by atoms with Crippen molar-refractivity contribution >= 4 is 22.9 Å². The summed E-state index contributed by atoms with van der Waals surface area (Å²) in [7, 11) is 0. The Morgan fingerprint density at radius 3 is 2.61 bits per heavy atom. The third-order valence-corrected chi connectivity index (χ3v) is 6.72. The van der Waals surface area contributed by atoms with Gasteiger partial charge in [0.25, 0.3) is 0 Å². The van der Waals surface area contributed by atoms with Crippen molar-refractivity contribution < 1.29 is 4.79 Å². The van der Waals surface area contributed by atoms with Gasteiger partial charge in [-0.2, -0.15) is 0 Å². The van der Waals surface area contributed by atoms with Crippen LogP contribution in [-0.2, 0) is 11.3 Å². The normalized spacial score (nSPS) is 19.4. The number of anilines is 1. The Balaban J connectivity index is 1.33. The van der Waals surface area contributed by atoms with E-state index in [-0.39, 0.29) is 17.9 Å². The molecule has 0 aliphatic carbocycles. The minimum absolute atomic E-state index is 0.136. The average Bonchev–Trinajstić information content (AvgIpc) is 3.38. The first-order valence-corrected chi connectivity index (χ1v) is 11.7. The fourth-order valence-electron chi connectivity index (χ4n) is 4.69. The second kappa shape index (κ2) is 8.66. The van der Waals surface area contributed by atoms with Gasteiger partial charge in [0.1, 0.15) is 18.0 Å². The predicted octanol–water partition coefficient (Wildman–Crippen LogP) is 1.96. The zero-order chi connectivity index (χ0) is 23.1. The first kappa shape index (κ1) is 21.7. The van der Waals surface area contributed by atoms with E-state index in [1.54, 1.807) is 18.7 Å². The van der Waals surface area contributed by atoms with Crippen LogP contribution in [0, 0.1) is 12.8 Å². The van der Waals surface area contributed by atoms with Crippen molar-refractivity contribution in [1.82, 2.24) is 39.3 Å². The molecule has 1 unspecified atom stereocenters. The van der Waals surface area contributed by atoms with E-state index in [9.17, 15) is 4.79 Å². The van der Waals surface area contributed by atoms with E-state index in [0.29, 0.717) is 18.4 Å². The highest BCUT2D eigenvalue weighted by Gasteiger charge is 2.38. The van der Waals surface area contributed by atoms with Gasteiger partial charge in [0.05, 0.1) is 11.5 Å². The molecule has 5 rings (SSSR count). The number of imidazole rings is 1. The van der Waals surface area contributed by atoms with E-state index in [0.717, 1.165) is 61.0 Å². The molecule has 10 heteroatoms. The maximum atomic E-state index is 12.9. The highest BCUT2D eigenvalue weighted by Crippen LogP contribution is 2.28. The monoisotopic (exact) mass is 449 g/mol. The van der Waals surface area contributed by atoms with Gasteiger partial charge in [-0.1, -0.05) is 0 Å². The summed E-state index contributed by atoms with van der Waals surface area (Å²) < 4.78 is 2.05. The molecular weight excluding hydrogens is 418 g/mol. The lowest BCUT2D eigenvalue weighted by molar-refractivity contribution is -0.140. The number of aromatic nitrogens is 6. The molecule has 3 aromatic rings. The fourth-order valence-corrected chi connectivity index (χ4v) is 4.69. The maximum absolute atomic E-state index is 12.9. The van der Waals surface area contributed by atoms with Crippen molar-refractivity contribution in [1.29, 1.82) is 0 Å². The van der Waals surface area contributed by atoms with Gasteiger partial charge < -0.3 is 14.8 Å². The van der Waals surface area contributed by atoms with Gasteiger partial charge in [0.2, 0.25) is 5.91 Å². The van der Waals surface area contributed by atoms with Crippen LogP contribution in [0.15, 0.2) is 18.7 Å². The summed E-state index contributed by atoms with van der Waals surface area (Å²) in [6.07, 6.45) is 6.04. The van der Waals surface area contributed by atoms with Crippen LogP contribution < -0.4 is 5.32 Å². The van der Waals surface area contributed by atoms with Crippen LogP contribution in [0.4, 0.5) is 5.82 Å². The number of nitrogens with zero attached hydrogens (tertiary/aromatic N) is 8. The van der Waals surface area contributed by atoms with Crippen LogP contribution in [0.5, 0.6) is 0 Å². The average molecular weight is 450 g/mol. The fraction of sp³-hybridized carbons (Fsp3) is 0.565. The molecule has 0 aromatic carbocycles. The molecule has 0 bridgehead atoms. The minimum Gasteiger partial charge on any atom is -0.364 e. The van der Waals surface area contributed by atoms with Crippen LogP contribution >= 0.6 is 0 Å². The summed E-state index contributed by atoms with van der Waals surface area (Å²) in [5.74, 6) is 2.62. The van der Waals surface area contributed by atoms with Crippen molar-refractivity contribution in [3.63, 3.8) is 0 Å². The maximum Gasteiger partial charge on any atom is 0.228 e. The Morgan fingerprint density at radius 2 is 1.91 bits per heavy atom. The first-order valence-electron chi connectivity index (χ1n) is 11.7. The van der Waals surface area contributed by atoms with Gasteiger partial charge in [-0.05, 0) is 34.1 Å². The topological polar surface area (TPSA) is 105 Å². The Labute approximate surface area is 193 Å². The van der Waals surface area contributed by atoms with E-state index < -0.39 is 0 Å². The largest absolute Gasteiger partial charge is 0.364 e. The van der Waals surface area contributed by atoms with E-state index >= 15 is 0 Å². The summed E-state index contributed by atoms with van der Waals surface area (Å²) in [5.41, 5.74) is 2.35. The molecule has 2 saturated heterocycles. The van der Waals surface area contributed by atoms with Crippen molar-refractivity contribution in [2.75, 3.05) is 31.5 Å². The van der Waals surface area contributed by atoms with Gasteiger partial charge >= 0.3 is 0 Å². The molecule has 10 nitrogen and oxygen atoms in total. The van der Waals surface area contributed by atoms with Crippen LogP contribution in [0.25, 0.3) is 22.6 Å². The summed E-state index contributed by atoms with van der Waals surface area (Å²) in [6, 6.07) is 0.646. The molecule has 0 spiro atoms. The molecule has 1 atom stereocenters. The number of carbonyl (C=O) groups excluding carboxylic acids is 1. The van der Waals surface area contributed by atoms with Crippen LogP contribution in [0.1, 0.15) is 33.0 Å². The summed E-state index contributed by atoms with van der Waals surface area (Å²) in [4.78, 5) is 39.7. The van der Waals surface area contributed by atoms with Crippen molar-refractivity contribution in [2.24, 2.45) is 5.92 Å². The van der Waals surface area contributed by atoms with Gasteiger partial charge in [-0.3, -0.25) is 9.69 Å². The Bertz CT molecular complexity index is 1150. The third kappa shape index (κ3) is 4.03. The van der Waals surface area contributed by atoms with Gasteiger partial charge in [0, 0.05) is 57.2 Å². The number of carbonyl (C=O) groups is 1. The number of hydrogen-bond acceptors (Lipinski definition) is 8. The standard InChI is InChI=1S/C23H31N9O/c1-5-32-21(16-8-24-15(4)25-9-16)29-19-20(26-13-27-22(19)32)28-18-6-7-30(12-18)23(33)17-10-31(11-17)14(2)3/h8-9,13-14,17-18H,5-7,10-12H2,1-4H3,(H,26,27,28). The quantitative estimate of drug-likeness (QED) is 0.609. The molecule has 2 aliphatic heterocycles. The van der Waals surface area contributed by atoms with Gasteiger partial charge in [0.15, 0.2) is 17.0 Å². The lowest BCUT2D eigenvalue weighted by Crippen LogP contribution is -2.56. The Hall–Kier alpha value is -3.14. The van der Waals surface area contributed by atoms with Crippen molar-refractivity contribution in [2.45, 2.75) is 52.7 Å². The molecule has 5 heterocycles. The Kier molecular flexibility index (Phi) is 5.69. The van der Waals surface area contributed by atoms with Crippen LogP contribution in [-0.4, -0.2) is 83.5 Å². The number of aryl methyl sites for hydroxylation is 2. The van der Waals surface area contributed by atoms with E-state index in [2.05, 4.69) is 55.5 Å². The molecule has 1 amide bonds. The number of nitrogens with one attached hydrogen (secondary N) is 1. The molecular formula is C23H31N9O. The number of rotatable bonds is 6. The molecule has 2 fully saturated rings. The third-order valence-electron chi connectivity index (χ3n) is 6.72. The van der Waals surface area contributed by atoms with Gasteiger partial charge in [-0.25, -0.2) is 24.9 Å². The van der Waals surface area contributed by atoms with Gasteiger partial charge in [-0.15, -0.1) is 0 Å². The van der Waals surface area contributed by atoms with Crippen LogP contribution in [0.3, 0.4) is 0 Å². The molecule has 33 heavy (non-hydrogen) atoms. The second-order valence-corrected chi connectivity index (χ2v) is 9.25. The Morgan fingerprint density at radius 1 is 1.15 bits per heavy atom.